The van der Waals surface area contributed by atoms with Gasteiger partial charge in [0.15, 0.2) is 0 Å². The van der Waals surface area contributed by atoms with E-state index in [0.29, 0.717) is 34.6 Å². The topological polar surface area (TPSA) is 38.7 Å². The van der Waals surface area contributed by atoms with Gasteiger partial charge in [-0.05, 0) is 12.1 Å². The van der Waals surface area contributed by atoms with E-state index in [0.717, 1.165) is 6.42 Å². The van der Waals surface area contributed by atoms with Crippen molar-refractivity contribution in [3.8, 4) is 5.75 Å². The highest BCUT2D eigenvalue weighted by molar-refractivity contribution is 6.35. The van der Waals surface area contributed by atoms with E-state index in [-0.39, 0.29) is 6.61 Å². The second kappa shape index (κ2) is 6.97. The Morgan fingerprint density at radius 3 is 2.62 bits per heavy atom. The molecule has 0 unspecified atom stereocenters. The maximum absolute atomic E-state index is 9.15. The van der Waals surface area contributed by atoms with Gasteiger partial charge in [-0.2, -0.15) is 0 Å². The minimum Gasteiger partial charge on any atom is -0.492 e. The summed E-state index contributed by atoms with van der Waals surface area (Å²) in [6, 6.07) is 3.23. The maximum Gasteiger partial charge on any atom is 0.143 e. The first-order chi connectivity index (χ1) is 7.69. The van der Waals surface area contributed by atoms with E-state index in [9.17, 15) is 0 Å². The molecule has 0 aliphatic heterocycles. The predicted octanol–water partition coefficient (Wildman–Crippen LogP) is 2.90. The second-order valence-corrected chi connectivity index (χ2v) is 4.07. The van der Waals surface area contributed by atoms with Crippen molar-refractivity contribution in [3.05, 3.63) is 27.7 Å². The largest absolute Gasteiger partial charge is 0.492 e. The van der Waals surface area contributed by atoms with Gasteiger partial charge in [0, 0.05) is 30.7 Å². The molecule has 90 valence electrons. The summed E-state index contributed by atoms with van der Waals surface area (Å²) in [6.45, 7) is 0.960. The van der Waals surface area contributed by atoms with Crippen LogP contribution in [-0.2, 0) is 11.3 Å². The van der Waals surface area contributed by atoms with Crippen LogP contribution < -0.4 is 4.74 Å². The number of halogens is 2. The van der Waals surface area contributed by atoms with Crippen molar-refractivity contribution in [1.29, 1.82) is 0 Å². The minimum atomic E-state index is -0.153. The highest BCUT2D eigenvalue weighted by atomic mass is 35.5. The summed E-state index contributed by atoms with van der Waals surface area (Å²) in [5, 5.41) is 10.0. The number of benzene rings is 1. The summed E-state index contributed by atoms with van der Waals surface area (Å²) in [6.07, 6.45) is 0.764. The average molecular weight is 265 g/mol. The Balaban J connectivity index is 2.70. The van der Waals surface area contributed by atoms with E-state index >= 15 is 0 Å². The average Bonchev–Trinajstić information content (AvgIpc) is 2.26. The lowest BCUT2D eigenvalue weighted by atomic mass is 10.2. The summed E-state index contributed by atoms with van der Waals surface area (Å²) in [7, 11) is 1.63. The molecule has 0 spiro atoms. The number of hydrogen-bond donors (Lipinski definition) is 1. The van der Waals surface area contributed by atoms with E-state index in [4.69, 9.17) is 37.8 Å². The molecule has 0 heterocycles. The monoisotopic (exact) mass is 264 g/mol. The predicted molar refractivity (Wildman–Crippen MR) is 64.4 cm³/mol. The molecule has 0 aromatic heterocycles. The number of hydrogen-bond acceptors (Lipinski definition) is 3. The highest BCUT2D eigenvalue weighted by Gasteiger charge is 2.09. The van der Waals surface area contributed by atoms with Crippen molar-refractivity contribution in [2.24, 2.45) is 0 Å². The van der Waals surface area contributed by atoms with Crippen LogP contribution in [0.4, 0.5) is 0 Å². The fourth-order valence-corrected chi connectivity index (χ4v) is 1.86. The van der Waals surface area contributed by atoms with Gasteiger partial charge in [0.2, 0.25) is 0 Å². The molecule has 1 aromatic carbocycles. The number of aliphatic hydroxyl groups is 1. The van der Waals surface area contributed by atoms with Gasteiger partial charge in [-0.1, -0.05) is 23.2 Å². The van der Waals surface area contributed by atoms with Crippen molar-refractivity contribution in [2.75, 3.05) is 20.3 Å². The Morgan fingerprint density at radius 1 is 1.25 bits per heavy atom. The molecular formula is C11H14Cl2O3. The van der Waals surface area contributed by atoms with Crippen LogP contribution in [0.2, 0.25) is 10.0 Å². The van der Waals surface area contributed by atoms with Gasteiger partial charge in [0.1, 0.15) is 5.75 Å². The highest BCUT2D eigenvalue weighted by Crippen LogP contribution is 2.32. The first kappa shape index (κ1) is 13.6. The zero-order valence-corrected chi connectivity index (χ0v) is 10.5. The van der Waals surface area contributed by atoms with Crippen LogP contribution in [0.1, 0.15) is 12.0 Å². The molecule has 0 amide bonds. The van der Waals surface area contributed by atoms with Gasteiger partial charge in [-0.3, -0.25) is 0 Å². The Labute approximate surface area is 105 Å². The molecule has 5 heteroatoms. The van der Waals surface area contributed by atoms with Gasteiger partial charge < -0.3 is 14.6 Å². The van der Waals surface area contributed by atoms with E-state index in [1.807, 2.05) is 0 Å². The zero-order valence-electron chi connectivity index (χ0n) is 9.00. The summed E-state index contributed by atoms with van der Waals surface area (Å²) in [5.74, 6) is 0.490. The maximum atomic E-state index is 9.15. The Bertz CT molecular complexity index is 342. The SMILES string of the molecule is COCCCOc1c(Cl)cc(Cl)cc1CO. The van der Waals surface area contributed by atoms with Crippen LogP contribution in [0.5, 0.6) is 5.75 Å². The van der Waals surface area contributed by atoms with Crippen molar-refractivity contribution < 1.29 is 14.6 Å². The van der Waals surface area contributed by atoms with Crippen LogP contribution in [0.25, 0.3) is 0 Å². The summed E-state index contributed by atoms with van der Waals surface area (Å²) >= 11 is 11.8. The van der Waals surface area contributed by atoms with Crippen LogP contribution in [0, 0.1) is 0 Å². The lowest BCUT2D eigenvalue weighted by molar-refractivity contribution is 0.170. The third kappa shape index (κ3) is 3.83. The van der Waals surface area contributed by atoms with Gasteiger partial charge in [-0.25, -0.2) is 0 Å². The molecule has 0 fully saturated rings. The summed E-state index contributed by atoms with van der Waals surface area (Å²) in [5.41, 5.74) is 0.593. The lowest BCUT2D eigenvalue weighted by Crippen LogP contribution is -2.04. The smallest absolute Gasteiger partial charge is 0.143 e. The first-order valence-electron chi connectivity index (χ1n) is 4.89. The van der Waals surface area contributed by atoms with Crippen molar-refractivity contribution >= 4 is 23.2 Å². The molecule has 0 aliphatic rings. The third-order valence-electron chi connectivity index (χ3n) is 1.99. The third-order valence-corrected chi connectivity index (χ3v) is 2.49. The van der Waals surface area contributed by atoms with Crippen LogP contribution >= 0.6 is 23.2 Å². The molecule has 16 heavy (non-hydrogen) atoms. The van der Waals surface area contributed by atoms with Gasteiger partial charge in [0.05, 0.1) is 18.2 Å². The number of aliphatic hydroxyl groups excluding tert-OH is 1. The van der Waals surface area contributed by atoms with Crippen LogP contribution in [-0.4, -0.2) is 25.4 Å². The van der Waals surface area contributed by atoms with E-state index in [2.05, 4.69) is 0 Å². The van der Waals surface area contributed by atoms with Gasteiger partial charge in [0.25, 0.3) is 0 Å². The van der Waals surface area contributed by atoms with E-state index in [1.54, 1.807) is 19.2 Å². The quantitative estimate of drug-likeness (QED) is 0.804. The number of rotatable bonds is 6. The molecule has 1 rings (SSSR count). The summed E-state index contributed by atoms with van der Waals surface area (Å²) in [4.78, 5) is 0. The Kier molecular flexibility index (Phi) is 5.91. The number of methoxy groups -OCH3 is 1. The fraction of sp³-hybridized carbons (Fsp3) is 0.455. The van der Waals surface area contributed by atoms with Crippen molar-refractivity contribution in [2.45, 2.75) is 13.0 Å². The summed E-state index contributed by atoms with van der Waals surface area (Å²) < 4.78 is 10.4. The molecule has 0 atom stereocenters. The normalized spacial score (nSPS) is 10.5. The molecular weight excluding hydrogens is 251 g/mol. The lowest BCUT2D eigenvalue weighted by Gasteiger charge is -2.12. The molecule has 3 nitrogen and oxygen atoms in total. The molecule has 0 saturated heterocycles. The molecule has 1 N–H and O–H groups in total. The molecule has 0 saturated carbocycles. The molecule has 0 aliphatic carbocycles. The van der Waals surface area contributed by atoms with Crippen LogP contribution in [0.3, 0.4) is 0 Å². The van der Waals surface area contributed by atoms with Crippen molar-refractivity contribution in [3.63, 3.8) is 0 Å². The Morgan fingerprint density at radius 2 is 2.00 bits per heavy atom. The molecule has 1 aromatic rings. The van der Waals surface area contributed by atoms with Gasteiger partial charge in [-0.15, -0.1) is 0 Å². The molecule has 0 radical (unpaired) electrons. The Hall–Kier alpha value is -0.480. The van der Waals surface area contributed by atoms with E-state index < -0.39 is 0 Å². The first-order valence-corrected chi connectivity index (χ1v) is 5.65. The van der Waals surface area contributed by atoms with Crippen molar-refractivity contribution in [1.82, 2.24) is 0 Å². The zero-order chi connectivity index (χ0) is 12.0. The number of ether oxygens (including phenoxy) is 2. The second-order valence-electron chi connectivity index (χ2n) is 3.23. The van der Waals surface area contributed by atoms with E-state index in [1.165, 1.54) is 0 Å². The minimum absolute atomic E-state index is 0.153. The van der Waals surface area contributed by atoms with Crippen LogP contribution in [0.15, 0.2) is 12.1 Å². The molecule has 0 bridgehead atoms. The standard InChI is InChI=1S/C11H14Cl2O3/c1-15-3-2-4-16-11-8(7-14)5-9(12)6-10(11)13/h5-6,14H,2-4,7H2,1H3. The fourth-order valence-electron chi connectivity index (χ4n) is 1.27. The van der Waals surface area contributed by atoms with Gasteiger partial charge >= 0.3 is 0 Å².